The van der Waals surface area contributed by atoms with Crippen LogP contribution in [0.4, 0.5) is 0 Å². The molecule has 4 aromatic carbocycles. The molecule has 0 aliphatic rings. The van der Waals surface area contributed by atoms with Gasteiger partial charge in [-0.05, 0) is 71.1 Å². The van der Waals surface area contributed by atoms with Crippen molar-refractivity contribution in [2.45, 2.75) is 0 Å². The summed E-state index contributed by atoms with van der Waals surface area (Å²) in [6.07, 6.45) is 0. The molecule has 1 N–H and O–H groups in total. The van der Waals surface area contributed by atoms with E-state index in [9.17, 15) is 0 Å². The van der Waals surface area contributed by atoms with Crippen molar-refractivity contribution in [3.05, 3.63) is 88.5 Å². The van der Waals surface area contributed by atoms with Gasteiger partial charge in [-0.3, -0.25) is 0 Å². The Morgan fingerprint density at radius 3 is 1.89 bits per heavy atom. The molecule has 0 spiro atoms. The van der Waals surface area contributed by atoms with E-state index in [0.29, 0.717) is 0 Å². The van der Waals surface area contributed by atoms with E-state index in [-0.39, 0.29) is 0 Å². The summed E-state index contributed by atoms with van der Waals surface area (Å²) >= 11 is 2.38. The lowest BCUT2D eigenvalue weighted by atomic mass is 10.1. The minimum atomic E-state index is 1.18. The molecule has 0 amide bonds. The van der Waals surface area contributed by atoms with E-state index in [1.54, 1.807) is 0 Å². The highest BCUT2D eigenvalue weighted by Crippen LogP contribution is 2.34. The molecule has 0 aliphatic heterocycles. The van der Waals surface area contributed by atoms with Crippen LogP contribution in [0.3, 0.4) is 0 Å². The van der Waals surface area contributed by atoms with Crippen LogP contribution >= 0.6 is 22.6 Å². The molecule has 0 aliphatic carbocycles. The topological polar surface area (TPSA) is 20.7 Å². The third kappa shape index (κ3) is 2.18. The van der Waals surface area contributed by atoms with Gasteiger partial charge in [-0.15, -0.1) is 0 Å². The van der Waals surface area contributed by atoms with Crippen LogP contribution in [0.15, 0.2) is 84.9 Å². The zero-order valence-corrected chi connectivity index (χ0v) is 16.6. The first kappa shape index (κ1) is 15.3. The highest BCUT2D eigenvalue weighted by molar-refractivity contribution is 14.1. The summed E-state index contributed by atoms with van der Waals surface area (Å²) in [4.78, 5) is 3.54. The molecular formula is C24H15IN2. The SMILES string of the molecule is Ic1ccc2[nH]c3ccc(-n4c5ccccc5c5ccccc54)cc3c2c1. The van der Waals surface area contributed by atoms with Crippen LogP contribution in [0, 0.1) is 3.57 Å². The van der Waals surface area contributed by atoms with Gasteiger partial charge in [-0.2, -0.15) is 0 Å². The van der Waals surface area contributed by atoms with E-state index in [1.807, 2.05) is 0 Å². The molecule has 2 nitrogen and oxygen atoms in total. The summed E-state index contributed by atoms with van der Waals surface area (Å²) in [5, 5.41) is 5.13. The maximum absolute atomic E-state index is 3.54. The van der Waals surface area contributed by atoms with Crippen molar-refractivity contribution in [2.75, 3.05) is 0 Å². The number of nitrogens with zero attached hydrogens (tertiary/aromatic N) is 1. The molecule has 27 heavy (non-hydrogen) atoms. The minimum Gasteiger partial charge on any atom is -0.355 e. The number of aromatic amines is 1. The molecule has 0 bridgehead atoms. The number of halogens is 1. The zero-order chi connectivity index (χ0) is 18.0. The minimum absolute atomic E-state index is 1.18. The Morgan fingerprint density at radius 1 is 0.593 bits per heavy atom. The molecule has 2 aromatic heterocycles. The predicted octanol–water partition coefficient (Wildman–Crippen LogP) is 7.02. The van der Waals surface area contributed by atoms with Crippen molar-refractivity contribution < 1.29 is 0 Å². The van der Waals surface area contributed by atoms with E-state index in [4.69, 9.17) is 0 Å². The summed E-state index contributed by atoms with van der Waals surface area (Å²) < 4.78 is 3.62. The summed E-state index contributed by atoms with van der Waals surface area (Å²) in [5.74, 6) is 0. The van der Waals surface area contributed by atoms with Crippen molar-refractivity contribution in [3.8, 4) is 5.69 Å². The first-order valence-corrected chi connectivity index (χ1v) is 10.1. The highest BCUT2D eigenvalue weighted by Gasteiger charge is 2.13. The smallest absolute Gasteiger partial charge is 0.0541 e. The van der Waals surface area contributed by atoms with Crippen LogP contribution < -0.4 is 0 Å². The van der Waals surface area contributed by atoms with Gasteiger partial charge in [0, 0.05) is 41.8 Å². The Hall–Kier alpha value is -2.79. The normalized spacial score (nSPS) is 11.9. The maximum Gasteiger partial charge on any atom is 0.0541 e. The first-order valence-electron chi connectivity index (χ1n) is 8.99. The average Bonchev–Trinajstić information content (AvgIpc) is 3.23. The van der Waals surface area contributed by atoms with Gasteiger partial charge in [0.1, 0.15) is 0 Å². The van der Waals surface area contributed by atoms with E-state index < -0.39 is 0 Å². The number of hydrogen-bond donors (Lipinski definition) is 1. The second-order valence-electron chi connectivity index (χ2n) is 6.91. The van der Waals surface area contributed by atoms with Gasteiger partial charge < -0.3 is 9.55 Å². The van der Waals surface area contributed by atoms with Crippen LogP contribution in [0.2, 0.25) is 0 Å². The lowest BCUT2D eigenvalue weighted by Gasteiger charge is -2.08. The second kappa shape index (κ2) is 5.60. The Balaban J connectivity index is 1.74. The number of nitrogens with one attached hydrogen (secondary N) is 1. The van der Waals surface area contributed by atoms with Gasteiger partial charge in [0.15, 0.2) is 0 Å². The number of para-hydroxylation sites is 2. The number of fused-ring (bicyclic) bond motifs is 6. The second-order valence-corrected chi connectivity index (χ2v) is 8.16. The number of H-pyrrole nitrogens is 1. The van der Waals surface area contributed by atoms with Crippen molar-refractivity contribution in [2.24, 2.45) is 0 Å². The highest BCUT2D eigenvalue weighted by atomic mass is 127. The molecule has 128 valence electrons. The van der Waals surface area contributed by atoms with Gasteiger partial charge >= 0.3 is 0 Å². The number of benzene rings is 4. The van der Waals surface area contributed by atoms with Gasteiger partial charge in [0.2, 0.25) is 0 Å². The fraction of sp³-hybridized carbons (Fsp3) is 0. The molecule has 0 saturated carbocycles. The van der Waals surface area contributed by atoms with Crippen molar-refractivity contribution >= 4 is 66.2 Å². The third-order valence-corrected chi connectivity index (χ3v) is 6.05. The van der Waals surface area contributed by atoms with Gasteiger partial charge in [0.25, 0.3) is 0 Å². The molecule has 0 radical (unpaired) electrons. The molecule has 6 rings (SSSR count). The monoisotopic (exact) mass is 458 g/mol. The van der Waals surface area contributed by atoms with E-state index in [2.05, 4.69) is 117 Å². The van der Waals surface area contributed by atoms with Crippen LogP contribution in [0.25, 0.3) is 49.3 Å². The lowest BCUT2D eigenvalue weighted by molar-refractivity contribution is 1.19. The van der Waals surface area contributed by atoms with Crippen LogP contribution in [-0.4, -0.2) is 9.55 Å². The molecule has 0 saturated heterocycles. The van der Waals surface area contributed by atoms with E-state index >= 15 is 0 Å². The van der Waals surface area contributed by atoms with Gasteiger partial charge in [-0.25, -0.2) is 0 Å². The Morgan fingerprint density at radius 2 is 1.19 bits per heavy atom. The molecule has 0 fully saturated rings. The summed E-state index contributed by atoms with van der Waals surface area (Å²) in [6, 6.07) is 30.6. The Labute approximate surface area is 169 Å². The lowest BCUT2D eigenvalue weighted by Crippen LogP contribution is -1.93. The summed E-state index contributed by atoms with van der Waals surface area (Å²) in [7, 11) is 0. The molecule has 2 heterocycles. The third-order valence-electron chi connectivity index (χ3n) is 5.38. The largest absolute Gasteiger partial charge is 0.355 e. The number of aromatic nitrogens is 2. The molecule has 0 unspecified atom stereocenters. The summed E-state index contributed by atoms with van der Waals surface area (Å²) in [5.41, 5.74) is 6.04. The van der Waals surface area contributed by atoms with Gasteiger partial charge in [-0.1, -0.05) is 36.4 Å². The zero-order valence-electron chi connectivity index (χ0n) is 14.4. The van der Waals surface area contributed by atoms with Crippen LogP contribution in [0.1, 0.15) is 0 Å². The first-order chi connectivity index (χ1) is 13.3. The number of hydrogen-bond acceptors (Lipinski definition) is 0. The van der Waals surface area contributed by atoms with Crippen molar-refractivity contribution in [1.29, 1.82) is 0 Å². The fourth-order valence-electron chi connectivity index (χ4n) is 4.20. The van der Waals surface area contributed by atoms with Crippen molar-refractivity contribution in [1.82, 2.24) is 9.55 Å². The van der Waals surface area contributed by atoms with Crippen molar-refractivity contribution in [3.63, 3.8) is 0 Å². The molecule has 0 atom stereocenters. The van der Waals surface area contributed by atoms with Crippen LogP contribution in [-0.2, 0) is 0 Å². The maximum atomic E-state index is 3.54. The number of rotatable bonds is 1. The molecular weight excluding hydrogens is 443 g/mol. The summed E-state index contributed by atoms with van der Waals surface area (Å²) in [6.45, 7) is 0. The quantitative estimate of drug-likeness (QED) is 0.256. The van der Waals surface area contributed by atoms with Crippen LogP contribution in [0.5, 0.6) is 0 Å². The Kier molecular flexibility index (Phi) is 3.17. The Bertz CT molecular complexity index is 1430. The average molecular weight is 458 g/mol. The molecule has 3 heteroatoms. The molecule has 6 aromatic rings. The van der Waals surface area contributed by atoms with E-state index in [0.717, 1.165) is 0 Å². The fourth-order valence-corrected chi connectivity index (χ4v) is 4.69. The van der Waals surface area contributed by atoms with E-state index in [1.165, 1.54) is 52.9 Å². The van der Waals surface area contributed by atoms with Gasteiger partial charge in [0.05, 0.1) is 11.0 Å². The standard InChI is InChI=1S/C24H15IN2/c25-15-9-11-21-19(13-15)20-14-16(10-12-22(20)26-21)27-23-7-3-1-5-17(23)18-6-2-4-8-24(18)27/h1-14,26H. The predicted molar refractivity (Wildman–Crippen MR) is 123 cm³/mol.